The second-order valence-corrected chi connectivity index (χ2v) is 6.06. The van der Waals surface area contributed by atoms with Crippen molar-refractivity contribution in [3.8, 4) is 0 Å². The third kappa shape index (κ3) is 3.61. The van der Waals surface area contributed by atoms with Crippen LogP contribution >= 0.6 is 0 Å². The lowest BCUT2D eigenvalue weighted by atomic mass is 9.96. The standard InChI is InChI=1S/C17H20N4O3/c22-17(8-7-13-4-3-5-15(10-13)21(23)24)20-9-2-1-6-16(20)14-11-18-19-12-14/h3-5,10-12,16H,1-2,6-9H2,(H,18,19)/t16-/m1/s1. The molecule has 0 unspecified atom stereocenters. The van der Waals surface area contributed by atoms with Crippen LogP contribution in [0.25, 0.3) is 0 Å². The number of aromatic nitrogens is 2. The highest BCUT2D eigenvalue weighted by atomic mass is 16.6. The maximum Gasteiger partial charge on any atom is 0.269 e. The van der Waals surface area contributed by atoms with E-state index in [4.69, 9.17) is 0 Å². The molecule has 7 heteroatoms. The Morgan fingerprint density at radius 3 is 3.04 bits per heavy atom. The van der Waals surface area contributed by atoms with E-state index in [0.29, 0.717) is 12.8 Å². The average molecular weight is 328 g/mol. The predicted molar refractivity (Wildman–Crippen MR) is 88.3 cm³/mol. The molecule has 0 aliphatic carbocycles. The molecule has 24 heavy (non-hydrogen) atoms. The molecule has 3 rings (SSSR count). The molecule has 1 amide bonds. The van der Waals surface area contributed by atoms with E-state index >= 15 is 0 Å². The highest BCUT2D eigenvalue weighted by Gasteiger charge is 2.28. The topological polar surface area (TPSA) is 92.1 Å². The molecule has 1 aliphatic heterocycles. The Balaban J connectivity index is 1.65. The number of H-pyrrole nitrogens is 1. The number of nitro groups is 1. The van der Waals surface area contributed by atoms with Gasteiger partial charge in [-0.15, -0.1) is 0 Å². The van der Waals surface area contributed by atoms with Gasteiger partial charge in [-0.25, -0.2) is 0 Å². The molecule has 126 valence electrons. The number of amides is 1. The van der Waals surface area contributed by atoms with Crippen LogP contribution in [0.5, 0.6) is 0 Å². The largest absolute Gasteiger partial charge is 0.336 e. The minimum Gasteiger partial charge on any atom is -0.336 e. The van der Waals surface area contributed by atoms with Crippen LogP contribution in [0.3, 0.4) is 0 Å². The fraction of sp³-hybridized carbons (Fsp3) is 0.412. The molecule has 0 spiro atoms. The van der Waals surface area contributed by atoms with Gasteiger partial charge in [0.15, 0.2) is 0 Å². The van der Waals surface area contributed by atoms with Crippen molar-refractivity contribution in [2.45, 2.75) is 38.1 Å². The number of carbonyl (C=O) groups excluding carboxylic acids is 1. The van der Waals surface area contributed by atoms with E-state index in [1.165, 1.54) is 12.1 Å². The number of carbonyl (C=O) groups is 1. The third-order valence-corrected chi connectivity index (χ3v) is 4.48. The number of nitro benzene ring substituents is 1. The van der Waals surface area contributed by atoms with Crippen LogP contribution in [0.2, 0.25) is 0 Å². The smallest absolute Gasteiger partial charge is 0.269 e. The van der Waals surface area contributed by atoms with Gasteiger partial charge >= 0.3 is 0 Å². The van der Waals surface area contributed by atoms with Crippen molar-refractivity contribution >= 4 is 11.6 Å². The Kier molecular flexibility index (Phi) is 4.88. The van der Waals surface area contributed by atoms with Crippen molar-refractivity contribution in [3.63, 3.8) is 0 Å². The summed E-state index contributed by atoms with van der Waals surface area (Å²) in [5.74, 6) is 0.0902. The summed E-state index contributed by atoms with van der Waals surface area (Å²) < 4.78 is 0. The Morgan fingerprint density at radius 1 is 1.42 bits per heavy atom. The Morgan fingerprint density at radius 2 is 2.29 bits per heavy atom. The first-order valence-corrected chi connectivity index (χ1v) is 8.16. The quantitative estimate of drug-likeness (QED) is 0.674. The highest BCUT2D eigenvalue weighted by Crippen LogP contribution is 2.31. The number of benzene rings is 1. The van der Waals surface area contributed by atoms with Crippen molar-refractivity contribution in [2.75, 3.05) is 6.54 Å². The van der Waals surface area contributed by atoms with Crippen molar-refractivity contribution in [2.24, 2.45) is 0 Å². The summed E-state index contributed by atoms with van der Waals surface area (Å²) >= 11 is 0. The summed E-state index contributed by atoms with van der Waals surface area (Å²) in [5, 5.41) is 17.6. The zero-order chi connectivity index (χ0) is 16.9. The van der Waals surface area contributed by atoms with E-state index in [-0.39, 0.29) is 17.6 Å². The van der Waals surface area contributed by atoms with E-state index in [0.717, 1.165) is 36.9 Å². The van der Waals surface area contributed by atoms with Crippen LogP contribution in [0, 0.1) is 10.1 Å². The van der Waals surface area contributed by atoms with Crippen molar-refractivity contribution in [1.82, 2.24) is 15.1 Å². The molecule has 1 atom stereocenters. The van der Waals surface area contributed by atoms with Crippen molar-refractivity contribution < 1.29 is 9.72 Å². The van der Waals surface area contributed by atoms with Gasteiger partial charge in [0.1, 0.15) is 0 Å². The molecule has 0 radical (unpaired) electrons. The molecule has 2 heterocycles. The molecular weight excluding hydrogens is 308 g/mol. The lowest BCUT2D eigenvalue weighted by molar-refractivity contribution is -0.384. The number of aryl methyl sites for hydroxylation is 1. The molecule has 0 saturated carbocycles. The molecular formula is C17H20N4O3. The predicted octanol–water partition coefficient (Wildman–Crippen LogP) is 3.00. The second-order valence-electron chi connectivity index (χ2n) is 6.06. The third-order valence-electron chi connectivity index (χ3n) is 4.48. The lowest BCUT2D eigenvalue weighted by Crippen LogP contribution is -2.38. The Hall–Kier alpha value is -2.70. The van der Waals surface area contributed by atoms with Gasteiger partial charge in [-0.3, -0.25) is 20.0 Å². The first kappa shape index (κ1) is 16.2. The van der Waals surface area contributed by atoms with E-state index in [2.05, 4.69) is 10.2 Å². The normalized spacial score (nSPS) is 17.7. The summed E-state index contributed by atoms with van der Waals surface area (Å²) in [4.78, 5) is 25.0. The minimum absolute atomic E-state index is 0.0641. The molecule has 7 nitrogen and oxygen atoms in total. The molecule has 0 bridgehead atoms. The number of aromatic amines is 1. The second kappa shape index (κ2) is 7.25. The molecule has 1 saturated heterocycles. The van der Waals surface area contributed by atoms with Gasteiger partial charge in [-0.1, -0.05) is 12.1 Å². The van der Waals surface area contributed by atoms with Crippen molar-refractivity contribution in [1.29, 1.82) is 0 Å². The molecule has 2 aromatic rings. The molecule has 1 aromatic carbocycles. The van der Waals surface area contributed by atoms with Gasteiger partial charge in [0, 0.05) is 36.9 Å². The van der Waals surface area contributed by atoms with Crippen LogP contribution in [0.4, 0.5) is 5.69 Å². The summed E-state index contributed by atoms with van der Waals surface area (Å²) in [6, 6.07) is 6.56. The van der Waals surface area contributed by atoms with Gasteiger partial charge in [0.2, 0.25) is 5.91 Å². The van der Waals surface area contributed by atoms with Gasteiger partial charge < -0.3 is 4.90 Å². The zero-order valence-corrected chi connectivity index (χ0v) is 13.4. The highest BCUT2D eigenvalue weighted by molar-refractivity contribution is 5.77. The average Bonchev–Trinajstić information content (AvgIpc) is 3.14. The Bertz CT molecular complexity index is 714. The monoisotopic (exact) mass is 328 g/mol. The van der Waals surface area contributed by atoms with E-state index in [1.54, 1.807) is 12.3 Å². The van der Waals surface area contributed by atoms with E-state index < -0.39 is 4.92 Å². The number of nitrogens with one attached hydrogen (secondary N) is 1. The summed E-state index contributed by atoms with van der Waals surface area (Å²) in [5.41, 5.74) is 1.92. The zero-order valence-electron chi connectivity index (χ0n) is 13.4. The fourth-order valence-corrected chi connectivity index (χ4v) is 3.24. The maximum atomic E-state index is 12.7. The van der Waals surface area contributed by atoms with Crippen LogP contribution in [-0.4, -0.2) is 32.5 Å². The number of likely N-dealkylation sites (tertiary alicyclic amines) is 1. The molecule has 1 aromatic heterocycles. The number of hydrogen-bond acceptors (Lipinski definition) is 4. The first-order chi connectivity index (χ1) is 11.6. The molecule has 1 N–H and O–H groups in total. The number of hydrogen-bond donors (Lipinski definition) is 1. The first-order valence-electron chi connectivity index (χ1n) is 8.16. The minimum atomic E-state index is -0.412. The summed E-state index contributed by atoms with van der Waals surface area (Å²) in [6.45, 7) is 0.754. The number of rotatable bonds is 5. The summed E-state index contributed by atoms with van der Waals surface area (Å²) in [7, 11) is 0. The van der Waals surface area contributed by atoms with Crippen LogP contribution in [0.1, 0.15) is 42.9 Å². The molecule has 1 aliphatic rings. The summed E-state index contributed by atoms with van der Waals surface area (Å²) in [6.07, 6.45) is 7.54. The number of piperidine rings is 1. The Labute approximate surface area is 139 Å². The van der Waals surface area contributed by atoms with Crippen LogP contribution in [-0.2, 0) is 11.2 Å². The fourth-order valence-electron chi connectivity index (χ4n) is 3.24. The number of non-ortho nitro benzene ring substituents is 1. The van der Waals surface area contributed by atoms with Crippen molar-refractivity contribution in [3.05, 3.63) is 57.9 Å². The van der Waals surface area contributed by atoms with Gasteiger partial charge in [-0.2, -0.15) is 5.10 Å². The lowest BCUT2D eigenvalue weighted by Gasteiger charge is -2.35. The van der Waals surface area contributed by atoms with Gasteiger partial charge in [0.25, 0.3) is 5.69 Å². The number of nitrogens with zero attached hydrogens (tertiary/aromatic N) is 3. The van der Waals surface area contributed by atoms with E-state index in [9.17, 15) is 14.9 Å². The van der Waals surface area contributed by atoms with Gasteiger partial charge in [0.05, 0.1) is 17.2 Å². The van der Waals surface area contributed by atoms with Crippen LogP contribution in [0.15, 0.2) is 36.7 Å². The van der Waals surface area contributed by atoms with Crippen LogP contribution < -0.4 is 0 Å². The van der Waals surface area contributed by atoms with Gasteiger partial charge in [-0.05, 0) is 31.2 Å². The SMILES string of the molecule is O=C(CCc1cccc([N+](=O)[O-])c1)N1CCCC[C@@H]1c1cn[nH]c1. The van der Waals surface area contributed by atoms with E-state index in [1.807, 2.05) is 17.2 Å². The maximum absolute atomic E-state index is 12.7. The molecule has 1 fully saturated rings.